The number of anilines is 1. The topological polar surface area (TPSA) is 157 Å². The number of benzene rings is 1. The van der Waals surface area contributed by atoms with Crippen LogP contribution in [0.25, 0.3) is 22.8 Å². The SMILES string of the molecule is Cc1ccc(S(=O)(=O)N[C@H]2CC[C@H](O)CC2)cc1-c1cnc(N)c(-c2nc(C3CC3)no2)n1. The molecule has 10 nitrogen and oxygen atoms in total. The highest BCUT2D eigenvalue weighted by Crippen LogP contribution is 2.39. The number of nitrogens with one attached hydrogen (secondary N) is 1. The molecule has 0 unspecified atom stereocenters. The van der Waals surface area contributed by atoms with E-state index in [0.717, 1.165) is 18.4 Å². The van der Waals surface area contributed by atoms with Crippen LogP contribution in [0.5, 0.6) is 0 Å². The summed E-state index contributed by atoms with van der Waals surface area (Å²) in [5.41, 5.74) is 8.22. The van der Waals surface area contributed by atoms with E-state index in [9.17, 15) is 13.5 Å². The van der Waals surface area contributed by atoms with E-state index in [-0.39, 0.29) is 34.4 Å². The largest absolute Gasteiger partial charge is 0.393 e. The molecule has 0 saturated heterocycles. The Morgan fingerprint density at radius 3 is 2.61 bits per heavy atom. The van der Waals surface area contributed by atoms with Crippen LogP contribution in [0.15, 0.2) is 33.8 Å². The summed E-state index contributed by atoms with van der Waals surface area (Å²) in [5.74, 6) is 1.32. The lowest BCUT2D eigenvalue weighted by Crippen LogP contribution is -2.38. The minimum Gasteiger partial charge on any atom is -0.393 e. The maximum absolute atomic E-state index is 13.0. The molecule has 33 heavy (non-hydrogen) atoms. The van der Waals surface area contributed by atoms with Crippen LogP contribution < -0.4 is 10.5 Å². The summed E-state index contributed by atoms with van der Waals surface area (Å²) < 4.78 is 34.2. The van der Waals surface area contributed by atoms with Crippen molar-refractivity contribution in [2.24, 2.45) is 0 Å². The van der Waals surface area contributed by atoms with E-state index in [1.807, 2.05) is 6.92 Å². The van der Waals surface area contributed by atoms with Crippen molar-refractivity contribution in [3.63, 3.8) is 0 Å². The molecule has 1 aromatic carbocycles. The molecule has 2 saturated carbocycles. The molecule has 174 valence electrons. The van der Waals surface area contributed by atoms with Gasteiger partial charge in [-0.3, -0.25) is 0 Å². The van der Waals surface area contributed by atoms with Crippen molar-refractivity contribution in [3.05, 3.63) is 35.8 Å². The first kappa shape index (κ1) is 21.9. The molecule has 0 radical (unpaired) electrons. The summed E-state index contributed by atoms with van der Waals surface area (Å²) in [7, 11) is -3.74. The normalized spacial score (nSPS) is 21.3. The lowest BCUT2D eigenvalue weighted by atomic mass is 9.94. The predicted molar refractivity (Wildman–Crippen MR) is 120 cm³/mol. The minimum atomic E-state index is -3.74. The molecular weight excluding hydrogens is 444 g/mol. The molecule has 2 aliphatic carbocycles. The third-order valence-electron chi connectivity index (χ3n) is 6.20. The number of aryl methyl sites for hydroxylation is 1. The fourth-order valence-electron chi connectivity index (χ4n) is 4.05. The molecule has 2 heterocycles. The number of rotatable bonds is 6. The maximum atomic E-state index is 13.0. The highest BCUT2D eigenvalue weighted by atomic mass is 32.2. The number of nitrogens with two attached hydrogens (primary N) is 1. The molecule has 0 atom stereocenters. The summed E-state index contributed by atoms with van der Waals surface area (Å²) in [6.45, 7) is 1.87. The van der Waals surface area contributed by atoms with E-state index in [1.54, 1.807) is 18.2 Å². The van der Waals surface area contributed by atoms with Gasteiger partial charge in [0.1, 0.15) is 0 Å². The van der Waals surface area contributed by atoms with Crippen molar-refractivity contribution in [1.29, 1.82) is 0 Å². The molecular formula is C22H26N6O4S. The smallest absolute Gasteiger partial charge is 0.280 e. The first-order valence-corrected chi connectivity index (χ1v) is 12.6. The maximum Gasteiger partial charge on any atom is 0.280 e. The van der Waals surface area contributed by atoms with Crippen LogP contribution in [0.4, 0.5) is 5.82 Å². The Hall–Kier alpha value is -2.89. The number of nitrogen functional groups attached to an aromatic ring is 1. The molecule has 0 aliphatic heterocycles. The molecule has 5 rings (SSSR count). The van der Waals surface area contributed by atoms with Gasteiger partial charge in [-0.15, -0.1) is 0 Å². The van der Waals surface area contributed by atoms with Crippen molar-refractivity contribution >= 4 is 15.8 Å². The molecule has 4 N–H and O–H groups in total. The van der Waals surface area contributed by atoms with E-state index in [4.69, 9.17) is 10.3 Å². The lowest BCUT2D eigenvalue weighted by molar-refractivity contribution is 0.120. The molecule has 2 fully saturated rings. The zero-order valence-electron chi connectivity index (χ0n) is 18.2. The number of nitrogens with zero attached hydrogens (tertiary/aromatic N) is 4. The van der Waals surface area contributed by atoms with E-state index in [1.165, 1.54) is 6.20 Å². The summed E-state index contributed by atoms with van der Waals surface area (Å²) >= 11 is 0. The highest BCUT2D eigenvalue weighted by molar-refractivity contribution is 7.89. The third-order valence-corrected chi connectivity index (χ3v) is 7.72. The standard InChI is InChI=1S/C22H26N6O4S/c1-12-2-9-16(33(30,31)28-14-5-7-15(29)8-6-14)10-17(12)18-11-24-20(23)19(25-18)22-26-21(27-32-22)13-3-4-13/h2,9-11,13-15,28-29H,3-8H2,1H3,(H2,23,24)/t14-,15-. The van der Waals surface area contributed by atoms with Crippen molar-refractivity contribution in [3.8, 4) is 22.8 Å². The summed E-state index contributed by atoms with van der Waals surface area (Å²) in [6.07, 6.45) is 5.63. The van der Waals surface area contributed by atoms with Crippen molar-refractivity contribution in [1.82, 2.24) is 24.8 Å². The zero-order valence-corrected chi connectivity index (χ0v) is 19.0. The highest BCUT2D eigenvalue weighted by Gasteiger charge is 2.30. The summed E-state index contributed by atoms with van der Waals surface area (Å²) in [4.78, 5) is 13.4. The number of aromatic nitrogens is 4. The second kappa shape index (κ2) is 8.47. The van der Waals surface area contributed by atoms with E-state index >= 15 is 0 Å². The quantitative estimate of drug-likeness (QED) is 0.492. The van der Waals surface area contributed by atoms with Gasteiger partial charge in [0.05, 0.1) is 22.9 Å². The molecule has 2 aromatic heterocycles. The van der Waals surface area contributed by atoms with Crippen molar-refractivity contribution in [2.75, 3.05) is 5.73 Å². The van der Waals surface area contributed by atoms with Gasteiger partial charge in [0, 0.05) is 17.5 Å². The lowest BCUT2D eigenvalue weighted by Gasteiger charge is -2.26. The number of sulfonamides is 1. The van der Waals surface area contributed by atoms with Gasteiger partial charge in [-0.2, -0.15) is 4.98 Å². The zero-order chi connectivity index (χ0) is 23.2. The first-order valence-electron chi connectivity index (χ1n) is 11.1. The average Bonchev–Trinajstić information content (AvgIpc) is 3.53. The van der Waals surface area contributed by atoms with Crippen molar-refractivity contribution < 1.29 is 18.0 Å². The van der Waals surface area contributed by atoms with Gasteiger partial charge in [0.15, 0.2) is 17.3 Å². The van der Waals surface area contributed by atoms with Gasteiger partial charge in [0.2, 0.25) is 10.0 Å². The number of aliphatic hydroxyl groups is 1. The summed E-state index contributed by atoms with van der Waals surface area (Å²) in [5, 5.41) is 13.7. The average molecular weight is 471 g/mol. The molecule has 11 heteroatoms. The molecule has 0 spiro atoms. The van der Waals surface area contributed by atoms with Crippen LogP contribution >= 0.6 is 0 Å². The Balaban J connectivity index is 1.45. The monoisotopic (exact) mass is 470 g/mol. The van der Waals surface area contributed by atoms with Gasteiger partial charge in [-0.05, 0) is 63.1 Å². The minimum absolute atomic E-state index is 0.142. The van der Waals surface area contributed by atoms with Crippen LogP contribution in [0.3, 0.4) is 0 Å². The number of aliphatic hydroxyl groups excluding tert-OH is 1. The second-order valence-electron chi connectivity index (χ2n) is 8.82. The van der Waals surface area contributed by atoms with Crippen LogP contribution in [0, 0.1) is 6.92 Å². The number of hydrogen-bond donors (Lipinski definition) is 3. The van der Waals surface area contributed by atoms with Gasteiger partial charge < -0.3 is 15.4 Å². The Morgan fingerprint density at radius 2 is 1.88 bits per heavy atom. The Bertz CT molecular complexity index is 1280. The van der Waals surface area contributed by atoms with Crippen LogP contribution in [0.1, 0.15) is 55.8 Å². The van der Waals surface area contributed by atoms with Gasteiger partial charge >= 0.3 is 0 Å². The van der Waals surface area contributed by atoms with E-state index in [2.05, 4.69) is 24.8 Å². The molecule has 0 bridgehead atoms. The first-order chi connectivity index (χ1) is 15.8. The van der Waals surface area contributed by atoms with Gasteiger partial charge in [0.25, 0.3) is 5.89 Å². The summed E-state index contributed by atoms with van der Waals surface area (Å²) in [6, 6.07) is 4.71. The fraction of sp³-hybridized carbons (Fsp3) is 0.455. The molecule has 0 amide bonds. The fourth-order valence-corrected chi connectivity index (χ4v) is 5.38. The van der Waals surface area contributed by atoms with Gasteiger partial charge in [-0.25, -0.2) is 23.1 Å². The number of hydrogen-bond acceptors (Lipinski definition) is 9. The Kier molecular flexibility index (Phi) is 5.63. The predicted octanol–water partition coefficient (Wildman–Crippen LogP) is 2.54. The second-order valence-corrected chi connectivity index (χ2v) is 10.5. The Labute approximate surface area is 191 Å². The van der Waals surface area contributed by atoms with Crippen LogP contribution in [-0.4, -0.2) is 45.8 Å². The Morgan fingerprint density at radius 1 is 1.12 bits per heavy atom. The van der Waals surface area contributed by atoms with Crippen LogP contribution in [0.2, 0.25) is 0 Å². The van der Waals surface area contributed by atoms with Crippen molar-refractivity contribution in [2.45, 2.75) is 68.4 Å². The van der Waals surface area contributed by atoms with E-state index in [0.29, 0.717) is 48.7 Å². The van der Waals surface area contributed by atoms with Crippen LogP contribution in [-0.2, 0) is 10.0 Å². The third kappa shape index (κ3) is 4.61. The molecule has 2 aliphatic rings. The van der Waals surface area contributed by atoms with E-state index < -0.39 is 10.0 Å². The van der Waals surface area contributed by atoms with Gasteiger partial charge in [-0.1, -0.05) is 11.2 Å². The molecule has 3 aromatic rings.